The smallest absolute Gasteiger partial charge is 0.407 e. The van der Waals surface area contributed by atoms with Crippen LogP contribution in [0.4, 0.5) is 4.79 Å². The van der Waals surface area contributed by atoms with Gasteiger partial charge in [-0.2, -0.15) is 5.26 Å². The second-order valence-corrected chi connectivity index (χ2v) is 4.44. The standard InChI is InChI=1S/C10H18N2O2/c1-8(5-6-11)7-14-9(13)12-10(2,3)4/h8H,5,7H2,1-4H3,(H,12,13)/t8-/m0/s1. The number of amides is 1. The van der Waals surface area contributed by atoms with Crippen molar-refractivity contribution in [3.05, 3.63) is 0 Å². The van der Waals surface area contributed by atoms with Gasteiger partial charge < -0.3 is 10.1 Å². The topological polar surface area (TPSA) is 62.1 Å². The molecule has 80 valence electrons. The summed E-state index contributed by atoms with van der Waals surface area (Å²) in [4.78, 5) is 11.2. The molecule has 14 heavy (non-hydrogen) atoms. The van der Waals surface area contributed by atoms with Crippen molar-refractivity contribution in [1.29, 1.82) is 5.26 Å². The van der Waals surface area contributed by atoms with Crippen LogP contribution in [0.15, 0.2) is 0 Å². The van der Waals surface area contributed by atoms with Crippen LogP contribution in [0.5, 0.6) is 0 Å². The number of carbonyl (C=O) groups excluding carboxylic acids is 1. The van der Waals surface area contributed by atoms with Gasteiger partial charge in [-0.15, -0.1) is 0 Å². The minimum atomic E-state index is -0.428. The Labute approximate surface area is 85.2 Å². The Morgan fingerprint density at radius 3 is 2.57 bits per heavy atom. The number of ether oxygens (including phenoxy) is 1. The molecule has 0 fully saturated rings. The number of nitriles is 1. The van der Waals surface area contributed by atoms with Crippen LogP contribution in [0.2, 0.25) is 0 Å². The Morgan fingerprint density at radius 1 is 1.57 bits per heavy atom. The number of alkyl carbamates (subject to hydrolysis) is 1. The monoisotopic (exact) mass is 198 g/mol. The molecule has 1 N–H and O–H groups in total. The average Bonchev–Trinajstić information content (AvgIpc) is 1.98. The van der Waals surface area contributed by atoms with Crippen LogP contribution in [-0.2, 0) is 4.74 Å². The van der Waals surface area contributed by atoms with Gasteiger partial charge in [0.15, 0.2) is 0 Å². The lowest BCUT2D eigenvalue weighted by atomic mass is 10.1. The first-order chi connectivity index (χ1) is 6.35. The first kappa shape index (κ1) is 12.8. The van der Waals surface area contributed by atoms with Crippen LogP contribution in [0.1, 0.15) is 34.1 Å². The second-order valence-electron chi connectivity index (χ2n) is 4.44. The molecule has 0 spiro atoms. The molecule has 0 bridgehead atoms. The Balaban J connectivity index is 3.71. The Bertz CT molecular complexity index is 225. The molecule has 0 heterocycles. The molecule has 0 rings (SSSR count). The fourth-order valence-electron chi connectivity index (χ4n) is 0.775. The lowest BCUT2D eigenvalue weighted by molar-refractivity contribution is 0.123. The molecule has 4 heteroatoms. The van der Waals surface area contributed by atoms with Gasteiger partial charge in [-0.3, -0.25) is 0 Å². The highest BCUT2D eigenvalue weighted by Crippen LogP contribution is 2.03. The quantitative estimate of drug-likeness (QED) is 0.755. The van der Waals surface area contributed by atoms with Gasteiger partial charge in [0.05, 0.1) is 12.7 Å². The molecule has 0 aliphatic rings. The molecule has 0 saturated heterocycles. The fourth-order valence-corrected chi connectivity index (χ4v) is 0.775. The normalized spacial score (nSPS) is 12.8. The van der Waals surface area contributed by atoms with E-state index in [1.54, 1.807) is 0 Å². The third kappa shape index (κ3) is 7.41. The third-order valence-corrected chi connectivity index (χ3v) is 1.42. The van der Waals surface area contributed by atoms with Crippen LogP contribution >= 0.6 is 0 Å². The molecule has 1 amide bonds. The lowest BCUT2D eigenvalue weighted by Gasteiger charge is -2.20. The summed E-state index contributed by atoms with van der Waals surface area (Å²) < 4.78 is 4.93. The molecule has 4 nitrogen and oxygen atoms in total. The molecule has 0 aromatic carbocycles. The number of hydrogen-bond donors (Lipinski definition) is 1. The summed E-state index contributed by atoms with van der Waals surface area (Å²) in [6.07, 6.45) is -0.0229. The summed E-state index contributed by atoms with van der Waals surface area (Å²) in [5.74, 6) is 0.0886. The van der Waals surface area contributed by atoms with Crippen molar-refractivity contribution in [2.24, 2.45) is 5.92 Å². The predicted octanol–water partition coefficient (Wildman–Crippen LogP) is 2.06. The largest absolute Gasteiger partial charge is 0.449 e. The summed E-state index contributed by atoms with van der Waals surface area (Å²) in [6.45, 7) is 7.80. The van der Waals surface area contributed by atoms with E-state index in [4.69, 9.17) is 10.00 Å². The van der Waals surface area contributed by atoms with Gasteiger partial charge in [-0.1, -0.05) is 6.92 Å². The molecule has 0 saturated carbocycles. The van der Waals surface area contributed by atoms with Gasteiger partial charge in [0.25, 0.3) is 0 Å². The maximum atomic E-state index is 11.2. The number of rotatable bonds is 3. The van der Waals surface area contributed by atoms with Gasteiger partial charge >= 0.3 is 6.09 Å². The molecule has 0 aliphatic heterocycles. The molecule has 1 atom stereocenters. The van der Waals surface area contributed by atoms with Crippen LogP contribution in [0.25, 0.3) is 0 Å². The molecule has 0 aromatic rings. The molecule has 0 unspecified atom stereocenters. The van der Waals surface area contributed by atoms with Crippen molar-refractivity contribution in [2.75, 3.05) is 6.61 Å². The van der Waals surface area contributed by atoms with E-state index in [-0.39, 0.29) is 18.1 Å². The average molecular weight is 198 g/mol. The highest BCUT2D eigenvalue weighted by atomic mass is 16.5. The van der Waals surface area contributed by atoms with E-state index in [2.05, 4.69) is 5.32 Å². The maximum absolute atomic E-state index is 11.2. The molecular weight excluding hydrogens is 180 g/mol. The highest BCUT2D eigenvalue weighted by Gasteiger charge is 2.15. The van der Waals surface area contributed by atoms with Crippen molar-refractivity contribution < 1.29 is 9.53 Å². The van der Waals surface area contributed by atoms with Crippen molar-refractivity contribution in [1.82, 2.24) is 5.32 Å². The molecule has 0 aromatic heterocycles. The van der Waals surface area contributed by atoms with E-state index >= 15 is 0 Å². The zero-order chi connectivity index (χ0) is 11.2. The molecular formula is C10H18N2O2. The van der Waals surface area contributed by atoms with E-state index < -0.39 is 6.09 Å². The third-order valence-electron chi connectivity index (χ3n) is 1.42. The first-order valence-corrected chi connectivity index (χ1v) is 4.67. The zero-order valence-electron chi connectivity index (χ0n) is 9.26. The minimum Gasteiger partial charge on any atom is -0.449 e. The van der Waals surface area contributed by atoms with E-state index in [0.29, 0.717) is 6.42 Å². The summed E-state index contributed by atoms with van der Waals surface area (Å²) >= 11 is 0. The van der Waals surface area contributed by atoms with Gasteiger partial charge in [0.1, 0.15) is 0 Å². The minimum absolute atomic E-state index is 0.0886. The Kier molecular flexibility index (Phi) is 5.00. The highest BCUT2D eigenvalue weighted by molar-refractivity contribution is 5.68. The van der Waals surface area contributed by atoms with E-state index in [9.17, 15) is 4.79 Å². The molecule has 0 aliphatic carbocycles. The van der Waals surface area contributed by atoms with E-state index in [1.807, 2.05) is 33.8 Å². The van der Waals surface area contributed by atoms with Gasteiger partial charge in [0.2, 0.25) is 0 Å². The number of hydrogen-bond acceptors (Lipinski definition) is 3. The van der Waals surface area contributed by atoms with E-state index in [1.165, 1.54) is 0 Å². The summed E-state index contributed by atoms with van der Waals surface area (Å²) in [5, 5.41) is 11.1. The van der Waals surface area contributed by atoms with Crippen molar-refractivity contribution in [3.63, 3.8) is 0 Å². The number of nitrogens with zero attached hydrogens (tertiary/aromatic N) is 1. The molecule has 0 radical (unpaired) electrons. The lowest BCUT2D eigenvalue weighted by Crippen LogP contribution is -2.41. The van der Waals surface area contributed by atoms with Crippen LogP contribution in [0, 0.1) is 17.2 Å². The first-order valence-electron chi connectivity index (χ1n) is 4.67. The van der Waals surface area contributed by atoms with Crippen molar-refractivity contribution >= 4 is 6.09 Å². The number of nitrogens with one attached hydrogen (secondary N) is 1. The Hall–Kier alpha value is -1.24. The van der Waals surface area contributed by atoms with Crippen LogP contribution < -0.4 is 5.32 Å². The summed E-state index contributed by atoms with van der Waals surface area (Å²) in [6, 6.07) is 2.03. The van der Waals surface area contributed by atoms with Crippen LogP contribution in [-0.4, -0.2) is 18.2 Å². The van der Waals surface area contributed by atoms with Crippen LogP contribution in [0.3, 0.4) is 0 Å². The van der Waals surface area contributed by atoms with Gasteiger partial charge in [-0.05, 0) is 20.8 Å². The summed E-state index contributed by atoms with van der Waals surface area (Å²) in [5.41, 5.74) is -0.282. The number of carbonyl (C=O) groups is 1. The zero-order valence-corrected chi connectivity index (χ0v) is 9.26. The summed E-state index contributed by atoms with van der Waals surface area (Å²) in [7, 11) is 0. The van der Waals surface area contributed by atoms with Crippen molar-refractivity contribution in [3.8, 4) is 6.07 Å². The van der Waals surface area contributed by atoms with Gasteiger partial charge in [-0.25, -0.2) is 4.79 Å². The predicted molar refractivity (Wildman–Crippen MR) is 53.6 cm³/mol. The van der Waals surface area contributed by atoms with Crippen molar-refractivity contribution in [2.45, 2.75) is 39.7 Å². The second kappa shape index (κ2) is 5.48. The SMILES string of the molecule is C[C@@H](CC#N)COC(=O)NC(C)(C)C. The fraction of sp³-hybridized carbons (Fsp3) is 0.800. The maximum Gasteiger partial charge on any atom is 0.407 e. The Morgan fingerprint density at radius 2 is 2.14 bits per heavy atom. The van der Waals surface area contributed by atoms with E-state index in [0.717, 1.165) is 0 Å². The van der Waals surface area contributed by atoms with Gasteiger partial charge in [0, 0.05) is 17.9 Å².